The molecular formula is C17H25NO3. The number of ether oxygens (including phenoxy) is 2. The summed E-state index contributed by atoms with van der Waals surface area (Å²) in [5.41, 5.74) is 1.07. The molecule has 0 aromatic heterocycles. The maximum atomic E-state index is 12.3. The average molecular weight is 291 g/mol. The van der Waals surface area contributed by atoms with Gasteiger partial charge in [0.2, 0.25) is 0 Å². The second-order valence-electron chi connectivity index (χ2n) is 5.81. The molecule has 0 aliphatic carbocycles. The minimum atomic E-state index is -0.163. The number of carbonyl (C=O) groups excluding carboxylic acids is 1. The lowest BCUT2D eigenvalue weighted by atomic mass is 10.00. The van der Waals surface area contributed by atoms with E-state index in [0.29, 0.717) is 13.2 Å². The van der Waals surface area contributed by atoms with Crippen molar-refractivity contribution in [2.24, 2.45) is 5.92 Å². The molecule has 0 bridgehead atoms. The van der Waals surface area contributed by atoms with Crippen molar-refractivity contribution in [3.05, 3.63) is 35.9 Å². The largest absolute Gasteiger partial charge is 0.457 e. The van der Waals surface area contributed by atoms with Crippen LogP contribution in [0.25, 0.3) is 0 Å². The van der Waals surface area contributed by atoms with Crippen LogP contribution in [-0.4, -0.2) is 44.7 Å². The first kappa shape index (κ1) is 16.0. The number of benzene rings is 1. The van der Waals surface area contributed by atoms with Gasteiger partial charge in [0.1, 0.15) is 6.10 Å². The first-order chi connectivity index (χ1) is 10.2. The van der Waals surface area contributed by atoms with Crippen LogP contribution >= 0.6 is 0 Å². The molecule has 1 atom stereocenters. The van der Waals surface area contributed by atoms with E-state index in [2.05, 4.69) is 4.90 Å². The molecule has 0 unspecified atom stereocenters. The Balaban J connectivity index is 1.99. The van der Waals surface area contributed by atoms with Gasteiger partial charge in [0.25, 0.3) is 0 Å². The Morgan fingerprint density at radius 2 is 1.95 bits per heavy atom. The maximum Gasteiger partial charge on any atom is 0.309 e. The normalized spacial score (nSPS) is 17.7. The molecule has 0 amide bonds. The van der Waals surface area contributed by atoms with Crippen molar-refractivity contribution in [1.82, 2.24) is 4.90 Å². The third kappa shape index (κ3) is 5.14. The second kappa shape index (κ2) is 8.15. The minimum absolute atomic E-state index is 0.00989. The van der Waals surface area contributed by atoms with Crippen molar-refractivity contribution in [1.29, 1.82) is 0 Å². The SMILES string of the molecule is CN(C)CC[C@H](OC(=O)C1CCOCC1)c1ccccc1. The van der Waals surface area contributed by atoms with Crippen molar-refractivity contribution in [3.63, 3.8) is 0 Å². The number of rotatable bonds is 6. The van der Waals surface area contributed by atoms with Gasteiger partial charge in [-0.05, 0) is 32.5 Å². The summed E-state index contributed by atoms with van der Waals surface area (Å²) in [6, 6.07) is 10.0. The van der Waals surface area contributed by atoms with E-state index in [1.54, 1.807) is 0 Å². The predicted molar refractivity (Wildman–Crippen MR) is 82.0 cm³/mol. The van der Waals surface area contributed by atoms with Crippen LogP contribution in [0.1, 0.15) is 30.9 Å². The Morgan fingerprint density at radius 1 is 1.29 bits per heavy atom. The highest BCUT2D eigenvalue weighted by molar-refractivity contribution is 5.72. The molecule has 0 radical (unpaired) electrons. The Labute approximate surface area is 127 Å². The molecule has 1 aliphatic heterocycles. The van der Waals surface area contributed by atoms with E-state index >= 15 is 0 Å². The van der Waals surface area contributed by atoms with Gasteiger partial charge >= 0.3 is 5.97 Å². The molecule has 1 fully saturated rings. The molecule has 1 saturated heterocycles. The highest BCUT2D eigenvalue weighted by Gasteiger charge is 2.26. The van der Waals surface area contributed by atoms with Gasteiger partial charge in [-0.2, -0.15) is 0 Å². The lowest BCUT2D eigenvalue weighted by Gasteiger charge is -2.25. The summed E-state index contributed by atoms with van der Waals surface area (Å²) in [5, 5.41) is 0. The molecule has 0 saturated carbocycles. The number of nitrogens with zero attached hydrogens (tertiary/aromatic N) is 1. The quantitative estimate of drug-likeness (QED) is 0.755. The van der Waals surface area contributed by atoms with Gasteiger partial charge in [0, 0.05) is 26.2 Å². The zero-order valence-corrected chi connectivity index (χ0v) is 13.0. The van der Waals surface area contributed by atoms with Crippen LogP contribution in [0, 0.1) is 5.92 Å². The van der Waals surface area contributed by atoms with E-state index in [9.17, 15) is 4.79 Å². The smallest absolute Gasteiger partial charge is 0.309 e. The standard InChI is InChI=1S/C17H25NO3/c1-18(2)11-8-16(14-6-4-3-5-7-14)21-17(19)15-9-12-20-13-10-15/h3-7,15-16H,8-13H2,1-2H3/t16-/m0/s1. The summed E-state index contributed by atoms with van der Waals surface area (Å²) in [4.78, 5) is 14.4. The molecule has 2 rings (SSSR count). The van der Waals surface area contributed by atoms with Crippen molar-refractivity contribution in [3.8, 4) is 0 Å². The topological polar surface area (TPSA) is 38.8 Å². The highest BCUT2D eigenvalue weighted by atomic mass is 16.5. The molecule has 1 aromatic rings. The molecule has 116 valence electrons. The second-order valence-corrected chi connectivity index (χ2v) is 5.81. The van der Waals surface area contributed by atoms with Crippen molar-refractivity contribution >= 4 is 5.97 Å². The predicted octanol–water partition coefficient (Wildman–Crippen LogP) is 2.65. The fourth-order valence-corrected chi connectivity index (χ4v) is 2.51. The van der Waals surface area contributed by atoms with E-state index in [1.807, 2.05) is 44.4 Å². The van der Waals surface area contributed by atoms with Crippen molar-refractivity contribution in [2.75, 3.05) is 33.9 Å². The van der Waals surface area contributed by atoms with E-state index in [4.69, 9.17) is 9.47 Å². The summed E-state index contributed by atoms with van der Waals surface area (Å²) in [6.45, 7) is 2.21. The first-order valence-corrected chi connectivity index (χ1v) is 7.64. The molecular weight excluding hydrogens is 266 g/mol. The summed E-state index contributed by atoms with van der Waals surface area (Å²) >= 11 is 0. The third-order valence-electron chi connectivity index (χ3n) is 3.82. The van der Waals surface area contributed by atoms with E-state index in [-0.39, 0.29) is 18.0 Å². The fourth-order valence-electron chi connectivity index (χ4n) is 2.51. The van der Waals surface area contributed by atoms with E-state index in [0.717, 1.165) is 31.4 Å². The van der Waals surface area contributed by atoms with Gasteiger partial charge in [0.15, 0.2) is 0 Å². The molecule has 4 nitrogen and oxygen atoms in total. The molecule has 0 N–H and O–H groups in total. The maximum absolute atomic E-state index is 12.3. The Bertz CT molecular complexity index is 427. The van der Waals surface area contributed by atoms with E-state index in [1.165, 1.54) is 0 Å². The molecule has 1 aliphatic rings. The van der Waals surface area contributed by atoms with Gasteiger partial charge in [-0.1, -0.05) is 30.3 Å². The van der Waals surface area contributed by atoms with Crippen LogP contribution in [0.2, 0.25) is 0 Å². The number of hydrogen-bond acceptors (Lipinski definition) is 4. The van der Waals surface area contributed by atoms with Gasteiger partial charge in [-0.3, -0.25) is 4.79 Å². The zero-order chi connectivity index (χ0) is 15.1. The molecule has 4 heteroatoms. The summed E-state index contributed by atoms with van der Waals surface area (Å²) in [6.07, 6.45) is 2.19. The van der Waals surface area contributed by atoms with Gasteiger partial charge in [-0.25, -0.2) is 0 Å². The molecule has 0 spiro atoms. The lowest BCUT2D eigenvalue weighted by molar-refractivity contribution is -0.158. The monoisotopic (exact) mass is 291 g/mol. The Hall–Kier alpha value is -1.39. The van der Waals surface area contributed by atoms with Crippen LogP contribution in [0.3, 0.4) is 0 Å². The zero-order valence-electron chi connectivity index (χ0n) is 13.0. The van der Waals surface area contributed by atoms with Crippen molar-refractivity contribution < 1.29 is 14.3 Å². The fraction of sp³-hybridized carbons (Fsp3) is 0.588. The summed E-state index contributed by atoms with van der Waals surface area (Å²) < 4.78 is 11.1. The third-order valence-corrected chi connectivity index (χ3v) is 3.82. The summed E-state index contributed by atoms with van der Waals surface area (Å²) in [7, 11) is 4.06. The highest BCUT2D eigenvalue weighted by Crippen LogP contribution is 2.25. The summed E-state index contributed by atoms with van der Waals surface area (Å²) in [5.74, 6) is -0.0878. The average Bonchev–Trinajstić information content (AvgIpc) is 2.52. The van der Waals surface area contributed by atoms with Crippen LogP contribution in [0.5, 0.6) is 0 Å². The number of hydrogen-bond donors (Lipinski definition) is 0. The number of carbonyl (C=O) groups is 1. The number of esters is 1. The van der Waals surface area contributed by atoms with Gasteiger partial charge < -0.3 is 14.4 Å². The van der Waals surface area contributed by atoms with Gasteiger partial charge in [0.05, 0.1) is 5.92 Å². The first-order valence-electron chi connectivity index (χ1n) is 7.64. The van der Waals surface area contributed by atoms with Crippen LogP contribution in [-0.2, 0) is 14.3 Å². The molecule has 1 aromatic carbocycles. The minimum Gasteiger partial charge on any atom is -0.457 e. The van der Waals surface area contributed by atoms with E-state index < -0.39 is 0 Å². The Kier molecular flexibility index (Phi) is 6.21. The Morgan fingerprint density at radius 3 is 2.57 bits per heavy atom. The molecule has 21 heavy (non-hydrogen) atoms. The van der Waals surface area contributed by atoms with Gasteiger partial charge in [-0.15, -0.1) is 0 Å². The van der Waals surface area contributed by atoms with Crippen LogP contribution < -0.4 is 0 Å². The van der Waals surface area contributed by atoms with Crippen LogP contribution in [0.4, 0.5) is 0 Å². The molecule has 1 heterocycles. The lowest BCUT2D eigenvalue weighted by Crippen LogP contribution is -2.27. The van der Waals surface area contributed by atoms with Crippen LogP contribution in [0.15, 0.2) is 30.3 Å². The van der Waals surface area contributed by atoms with Crippen molar-refractivity contribution in [2.45, 2.75) is 25.4 Å².